The van der Waals surface area contributed by atoms with Gasteiger partial charge in [-0.2, -0.15) is 0 Å². The zero-order valence-corrected chi connectivity index (χ0v) is 14.4. The molecule has 2 aromatic heterocycles. The van der Waals surface area contributed by atoms with Gasteiger partial charge in [-0.1, -0.05) is 29.3 Å². The van der Waals surface area contributed by atoms with Gasteiger partial charge in [0.05, 0.1) is 21.3 Å². The van der Waals surface area contributed by atoms with Crippen molar-refractivity contribution >= 4 is 34.8 Å². The number of aromatic nitrogens is 2. The molecule has 3 rings (SSSR count). The summed E-state index contributed by atoms with van der Waals surface area (Å²) in [6.07, 6.45) is 0. The lowest BCUT2D eigenvalue weighted by Gasteiger charge is -2.08. The molecule has 0 saturated carbocycles. The summed E-state index contributed by atoms with van der Waals surface area (Å²) in [7, 11) is 0. The third kappa shape index (κ3) is 3.50. The normalized spacial score (nSPS) is 10.9. The minimum Gasteiger partial charge on any atom is -0.456 e. The summed E-state index contributed by atoms with van der Waals surface area (Å²) >= 11 is 11.5. The Balaban J connectivity index is 1.85. The van der Waals surface area contributed by atoms with E-state index in [-0.39, 0.29) is 33.5 Å². The van der Waals surface area contributed by atoms with E-state index >= 15 is 0 Å². The van der Waals surface area contributed by atoms with Gasteiger partial charge in [-0.3, -0.25) is 9.20 Å². The summed E-state index contributed by atoms with van der Waals surface area (Å²) in [5.41, 5.74) is 1.01. The summed E-state index contributed by atoms with van der Waals surface area (Å²) in [5, 5.41) is -0.222. The molecule has 0 aliphatic rings. The van der Waals surface area contributed by atoms with Gasteiger partial charge >= 0.3 is 5.97 Å². The molecule has 1 aromatic carbocycles. The fraction of sp³-hybridized carbons (Fsp3) is 0.118. The van der Waals surface area contributed by atoms with Crippen LogP contribution >= 0.6 is 23.2 Å². The molecule has 0 aliphatic heterocycles. The number of esters is 1. The highest BCUT2D eigenvalue weighted by atomic mass is 35.5. The summed E-state index contributed by atoms with van der Waals surface area (Å²) in [6, 6.07) is 8.52. The Morgan fingerprint density at radius 2 is 2.00 bits per heavy atom. The van der Waals surface area contributed by atoms with E-state index in [2.05, 4.69) is 4.98 Å². The first-order chi connectivity index (χ1) is 11.9. The molecule has 0 aliphatic carbocycles. The minimum atomic E-state index is -0.841. The zero-order valence-electron chi connectivity index (χ0n) is 12.9. The quantitative estimate of drug-likeness (QED) is 0.512. The molecule has 0 amide bonds. The van der Waals surface area contributed by atoms with Crippen molar-refractivity contribution in [1.29, 1.82) is 0 Å². The highest BCUT2D eigenvalue weighted by Crippen LogP contribution is 2.25. The van der Waals surface area contributed by atoms with Gasteiger partial charge in [0, 0.05) is 11.8 Å². The molecule has 2 heterocycles. The zero-order chi connectivity index (χ0) is 18.1. The van der Waals surface area contributed by atoms with Crippen molar-refractivity contribution in [2.24, 2.45) is 0 Å². The van der Waals surface area contributed by atoms with Gasteiger partial charge in [-0.15, -0.1) is 0 Å². The smallest absolute Gasteiger partial charge is 0.340 e. The lowest BCUT2D eigenvalue weighted by Crippen LogP contribution is -2.18. The van der Waals surface area contributed by atoms with Gasteiger partial charge in [-0.05, 0) is 31.2 Å². The van der Waals surface area contributed by atoms with Crippen LogP contribution in [0.25, 0.3) is 5.65 Å². The van der Waals surface area contributed by atoms with Crippen LogP contribution < -0.4 is 5.56 Å². The summed E-state index contributed by atoms with van der Waals surface area (Å²) in [4.78, 5) is 28.5. The molecule has 0 N–H and O–H groups in total. The minimum absolute atomic E-state index is 0.0291. The van der Waals surface area contributed by atoms with Gasteiger partial charge in [0.15, 0.2) is 0 Å². The molecule has 0 atom stereocenters. The van der Waals surface area contributed by atoms with Crippen molar-refractivity contribution in [3.8, 4) is 0 Å². The number of nitrogens with zero attached hydrogens (tertiary/aromatic N) is 2. The number of hydrogen-bond acceptors (Lipinski definition) is 4. The molecule has 0 fully saturated rings. The predicted molar refractivity (Wildman–Crippen MR) is 91.7 cm³/mol. The van der Waals surface area contributed by atoms with Crippen molar-refractivity contribution in [2.75, 3.05) is 0 Å². The first kappa shape index (κ1) is 17.4. The molecule has 0 bridgehead atoms. The Labute approximate surface area is 151 Å². The van der Waals surface area contributed by atoms with E-state index in [4.69, 9.17) is 27.9 Å². The van der Waals surface area contributed by atoms with E-state index < -0.39 is 11.8 Å². The largest absolute Gasteiger partial charge is 0.456 e. The number of carbonyl (C=O) groups excluding carboxylic acids is 1. The molecule has 5 nitrogen and oxygen atoms in total. The molecule has 0 spiro atoms. The SMILES string of the molecule is Cc1cccc2nc(COC(=O)c3cc(F)c(Cl)cc3Cl)cc(=O)n12. The summed E-state index contributed by atoms with van der Waals surface area (Å²) < 4.78 is 20.0. The molecule has 25 heavy (non-hydrogen) atoms. The van der Waals surface area contributed by atoms with Gasteiger partial charge in [0.2, 0.25) is 0 Å². The Bertz CT molecular complexity index is 1050. The molecule has 128 valence electrons. The van der Waals surface area contributed by atoms with E-state index in [9.17, 15) is 14.0 Å². The molecule has 0 saturated heterocycles. The fourth-order valence-corrected chi connectivity index (χ4v) is 2.79. The third-order valence-corrected chi connectivity index (χ3v) is 4.12. The van der Waals surface area contributed by atoms with Gasteiger partial charge in [0.1, 0.15) is 18.1 Å². The Kier molecular flexibility index (Phi) is 4.74. The first-order valence-corrected chi connectivity index (χ1v) is 7.92. The van der Waals surface area contributed by atoms with Crippen LogP contribution in [0.3, 0.4) is 0 Å². The van der Waals surface area contributed by atoms with E-state index in [1.54, 1.807) is 25.1 Å². The highest BCUT2D eigenvalue weighted by Gasteiger charge is 2.16. The van der Waals surface area contributed by atoms with E-state index in [1.165, 1.54) is 10.5 Å². The maximum Gasteiger partial charge on any atom is 0.340 e. The molecular formula is C17H11Cl2FN2O3. The van der Waals surface area contributed by atoms with E-state index in [1.807, 2.05) is 0 Å². The van der Waals surface area contributed by atoms with Crippen LogP contribution in [0.1, 0.15) is 21.7 Å². The standard InChI is InChI=1S/C17H11Cl2FN2O3/c1-9-3-2-4-15-21-10(5-16(23)22(9)15)8-25-17(24)11-6-14(20)13(19)7-12(11)18/h2-7H,8H2,1H3. The maximum absolute atomic E-state index is 13.5. The number of fused-ring (bicyclic) bond motifs is 1. The van der Waals surface area contributed by atoms with Gasteiger partial charge in [-0.25, -0.2) is 14.2 Å². The lowest BCUT2D eigenvalue weighted by atomic mass is 10.2. The van der Waals surface area contributed by atoms with Crippen molar-refractivity contribution < 1.29 is 13.9 Å². The molecule has 0 radical (unpaired) electrons. The van der Waals surface area contributed by atoms with Crippen LogP contribution in [0.4, 0.5) is 4.39 Å². The number of benzene rings is 1. The average molecular weight is 381 g/mol. The monoisotopic (exact) mass is 380 g/mol. The average Bonchev–Trinajstić information content (AvgIpc) is 2.55. The second-order valence-corrected chi connectivity index (χ2v) is 6.08. The number of aryl methyl sites for hydroxylation is 1. The second kappa shape index (κ2) is 6.82. The Morgan fingerprint density at radius 3 is 2.76 bits per heavy atom. The maximum atomic E-state index is 13.5. The number of carbonyl (C=O) groups is 1. The Hall–Kier alpha value is -2.44. The highest BCUT2D eigenvalue weighted by molar-refractivity contribution is 6.36. The van der Waals surface area contributed by atoms with Crippen molar-refractivity contribution in [1.82, 2.24) is 9.38 Å². The van der Waals surface area contributed by atoms with Crippen LogP contribution in [-0.2, 0) is 11.3 Å². The fourth-order valence-electron chi connectivity index (χ4n) is 2.33. The topological polar surface area (TPSA) is 60.7 Å². The van der Waals surface area contributed by atoms with Crippen molar-refractivity contribution in [3.05, 3.63) is 79.6 Å². The van der Waals surface area contributed by atoms with Crippen LogP contribution in [-0.4, -0.2) is 15.4 Å². The van der Waals surface area contributed by atoms with Gasteiger partial charge < -0.3 is 4.74 Å². The number of hydrogen-bond donors (Lipinski definition) is 0. The molecule has 3 aromatic rings. The van der Waals surface area contributed by atoms with E-state index in [0.717, 1.165) is 17.8 Å². The van der Waals surface area contributed by atoms with Crippen LogP contribution in [0.15, 0.2) is 41.2 Å². The van der Waals surface area contributed by atoms with Crippen molar-refractivity contribution in [2.45, 2.75) is 13.5 Å². The molecule has 0 unspecified atom stereocenters. The number of halogens is 3. The van der Waals surface area contributed by atoms with Crippen LogP contribution in [0.5, 0.6) is 0 Å². The number of pyridine rings is 1. The number of ether oxygens (including phenoxy) is 1. The van der Waals surface area contributed by atoms with Gasteiger partial charge in [0.25, 0.3) is 5.56 Å². The van der Waals surface area contributed by atoms with Crippen molar-refractivity contribution in [3.63, 3.8) is 0 Å². The summed E-state index contributed by atoms with van der Waals surface area (Å²) in [5.74, 6) is -1.62. The lowest BCUT2D eigenvalue weighted by molar-refractivity contribution is 0.0467. The summed E-state index contributed by atoms with van der Waals surface area (Å²) in [6.45, 7) is 1.53. The third-order valence-electron chi connectivity index (χ3n) is 3.51. The van der Waals surface area contributed by atoms with Crippen LogP contribution in [0.2, 0.25) is 10.0 Å². The number of rotatable bonds is 3. The molecule has 8 heteroatoms. The first-order valence-electron chi connectivity index (χ1n) is 7.17. The van der Waals surface area contributed by atoms with Crippen LogP contribution in [0, 0.1) is 12.7 Å². The van der Waals surface area contributed by atoms with E-state index in [0.29, 0.717) is 5.65 Å². The molecular weight excluding hydrogens is 370 g/mol. The second-order valence-electron chi connectivity index (χ2n) is 5.27. The predicted octanol–water partition coefficient (Wildman–Crippen LogP) is 3.81. The Morgan fingerprint density at radius 1 is 1.24 bits per heavy atom.